The SMILES string of the molecule is CCCNC(=O)NCCc1cc2cc(OC)c(Cl)cc2[nH]c1=O. The van der Waals surface area contributed by atoms with Crippen molar-refractivity contribution >= 4 is 28.5 Å². The van der Waals surface area contributed by atoms with Crippen LogP contribution in [0.5, 0.6) is 5.75 Å². The van der Waals surface area contributed by atoms with E-state index in [1.807, 2.05) is 6.92 Å². The van der Waals surface area contributed by atoms with Crippen molar-refractivity contribution in [3.05, 3.63) is 39.1 Å². The molecule has 2 aromatic rings. The molecular weight excluding hydrogens is 318 g/mol. The summed E-state index contributed by atoms with van der Waals surface area (Å²) in [6.07, 6.45) is 1.32. The Labute approximate surface area is 139 Å². The zero-order chi connectivity index (χ0) is 16.8. The normalized spacial score (nSPS) is 10.6. The lowest BCUT2D eigenvalue weighted by Crippen LogP contribution is -2.37. The number of H-pyrrole nitrogens is 1. The molecular formula is C16H20ClN3O3. The maximum atomic E-state index is 12.1. The van der Waals surface area contributed by atoms with E-state index < -0.39 is 0 Å². The van der Waals surface area contributed by atoms with Gasteiger partial charge in [0.25, 0.3) is 5.56 Å². The van der Waals surface area contributed by atoms with Gasteiger partial charge in [-0.2, -0.15) is 0 Å². The Morgan fingerprint density at radius 3 is 2.70 bits per heavy atom. The maximum Gasteiger partial charge on any atom is 0.314 e. The van der Waals surface area contributed by atoms with Crippen LogP contribution < -0.4 is 20.9 Å². The molecule has 124 valence electrons. The van der Waals surface area contributed by atoms with Crippen molar-refractivity contribution in [2.75, 3.05) is 20.2 Å². The van der Waals surface area contributed by atoms with Gasteiger partial charge < -0.3 is 20.4 Å². The number of aromatic nitrogens is 1. The van der Waals surface area contributed by atoms with Crippen molar-refractivity contribution < 1.29 is 9.53 Å². The highest BCUT2D eigenvalue weighted by Gasteiger charge is 2.08. The number of nitrogens with one attached hydrogen (secondary N) is 3. The van der Waals surface area contributed by atoms with Crippen LogP contribution in [0.2, 0.25) is 5.02 Å². The zero-order valence-electron chi connectivity index (χ0n) is 13.2. The molecule has 6 nitrogen and oxygen atoms in total. The summed E-state index contributed by atoms with van der Waals surface area (Å²) in [5.41, 5.74) is 1.06. The van der Waals surface area contributed by atoms with Gasteiger partial charge in [-0.3, -0.25) is 4.79 Å². The van der Waals surface area contributed by atoms with Gasteiger partial charge in [0.05, 0.1) is 17.6 Å². The molecule has 1 aromatic heterocycles. The van der Waals surface area contributed by atoms with Crippen LogP contribution in [0, 0.1) is 0 Å². The molecule has 0 unspecified atom stereocenters. The lowest BCUT2D eigenvalue weighted by Gasteiger charge is -2.08. The van der Waals surface area contributed by atoms with Crippen LogP contribution in [0.4, 0.5) is 4.79 Å². The smallest absolute Gasteiger partial charge is 0.314 e. The molecule has 1 aromatic carbocycles. The number of ether oxygens (including phenoxy) is 1. The summed E-state index contributed by atoms with van der Waals surface area (Å²) >= 11 is 6.05. The fourth-order valence-corrected chi connectivity index (χ4v) is 2.45. The van der Waals surface area contributed by atoms with E-state index in [1.165, 1.54) is 0 Å². The van der Waals surface area contributed by atoms with Crippen LogP contribution in [0.3, 0.4) is 0 Å². The van der Waals surface area contributed by atoms with E-state index in [0.29, 0.717) is 41.4 Å². The average molecular weight is 338 g/mol. The molecule has 0 saturated heterocycles. The molecule has 0 atom stereocenters. The van der Waals surface area contributed by atoms with Gasteiger partial charge in [0.1, 0.15) is 5.75 Å². The number of amides is 2. The van der Waals surface area contributed by atoms with Crippen LogP contribution in [-0.2, 0) is 6.42 Å². The molecule has 0 radical (unpaired) electrons. The molecule has 0 aliphatic carbocycles. The zero-order valence-corrected chi connectivity index (χ0v) is 13.9. The summed E-state index contributed by atoms with van der Waals surface area (Å²) in [4.78, 5) is 26.4. The first-order chi connectivity index (χ1) is 11.0. The standard InChI is InChI=1S/C16H20ClN3O3/c1-3-5-18-16(22)19-6-4-10-7-11-8-14(23-2)12(17)9-13(11)20-15(10)21/h7-9H,3-6H2,1-2H3,(H,20,21)(H2,18,19,22). The second-order valence-corrected chi connectivity index (χ2v) is 5.54. The van der Waals surface area contributed by atoms with E-state index in [1.54, 1.807) is 25.3 Å². The summed E-state index contributed by atoms with van der Waals surface area (Å²) in [5, 5.41) is 6.71. The minimum atomic E-state index is -0.225. The highest BCUT2D eigenvalue weighted by atomic mass is 35.5. The number of methoxy groups -OCH3 is 1. The lowest BCUT2D eigenvalue weighted by molar-refractivity contribution is 0.241. The number of carbonyl (C=O) groups excluding carboxylic acids is 1. The number of aromatic amines is 1. The van der Waals surface area contributed by atoms with Gasteiger partial charge in [0.2, 0.25) is 0 Å². The topological polar surface area (TPSA) is 83.2 Å². The average Bonchev–Trinajstić information content (AvgIpc) is 2.53. The van der Waals surface area contributed by atoms with Crippen LogP contribution in [0.25, 0.3) is 10.9 Å². The number of urea groups is 1. The van der Waals surface area contributed by atoms with Crippen LogP contribution >= 0.6 is 11.6 Å². The van der Waals surface area contributed by atoms with E-state index in [2.05, 4.69) is 15.6 Å². The second-order valence-electron chi connectivity index (χ2n) is 5.13. The first kappa shape index (κ1) is 17.1. The molecule has 7 heteroatoms. The molecule has 2 rings (SSSR count). The molecule has 2 amide bonds. The van der Waals surface area contributed by atoms with Crippen molar-refractivity contribution in [3.63, 3.8) is 0 Å². The fourth-order valence-electron chi connectivity index (χ4n) is 2.21. The van der Waals surface area contributed by atoms with E-state index in [9.17, 15) is 9.59 Å². The van der Waals surface area contributed by atoms with E-state index in [-0.39, 0.29) is 11.6 Å². The minimum absolute atomic E-state index is 0.186. The minimum Gasteiger partial charge on any atom is -0.495 e. The predicted molar refractivity (Wildman–Crippen MR) is 91.5 cm³/mol. The first-order valence-electron chi connectivity index (χ1n) is 7.46. The van der Waals surface area contributed by atoms with Gasteiger partial charge in [-0.05, 0) is 31.0 Å². The van der Waals surface area contributed by atoms with E-state index in [4.69, 9.17) is 16.3 Å². The summed E-state index contributed by atoms with van der Waals surface area (Å²) in [5.74, 6) is 0.550. The first-order valence-corrected chi connectivity index (χ1v) is 7.84. The van der Waals surface area contributed by atoms with Gasteiger partial charge in [0, 0.05) is 24.0 Å². The highest BCUT2D eigenvalue weighted by molar-refractivity contribution is 6.32. The molecule has 0 aliphatic heterocycles. The molecule has 0 spiro atoms. The second kappa shape index (κ2) is 7.87. The molecule has 0 bridgehead atoms. The molecule has 0 saturated carbocycles. The van der Waals surface area contributed by atoms with Gasteiger partial charge in [-0.1, -0.05) is 18.5 Å². The summed E-state index contributed by atoms with van der Waals surface area (Å²) in [7, 11) is 1.54. The molecule has 0 aliphatic rings. The fraction of sp³-hybridized carbons (Fsp3) is 0.375. The third-order valence-electron chi connectivity index (χ3n) is 3.41. The van der Waals surface area contributed by atoms with Crippen molar-refractivity contribution in [2.45, 2.75) is 19.8 Å². The maximum absolute atomic E-state index is 12.1. The monoisotopic (exact) mass is 337 g/mol. The van der Waals surface area contributed by atoms with Crippen molar-refractivity contribution in [1.82, 2.24) is 15.6 Å². The van der Waals surface area contributed by atoms with E-state index in [0.717, 1.165) is 11.8 Å². The Kier molecular flexibility index (Phi) is 5.87. The number of halogens is 1. The summed E-state index contributed by atoms with van der Waals surface area (Å²) in [6.45, 7) is 2.99. The molecule has 23 heavy (non-hydrogen) atoms. The van der Waals surface area contributed by atoms with Crippen molar-refractivity contribution in [1.29, 1.82) is 0 Å². The number of benzene rings is 1. The quantitative estimate of drug-likeness (QED) is 0.757. The number of hydrogen-bond donors (Lipinski definition) is 3. The Balaban J connectivity index is 2.11. The third-order valence-corrected chi connectivity index (χ3v) is 3.70. The van der Waals surface area contributed by atoms with E-state index >= 15 is 0 Å². The third kappa shape index (κ3) is 4.39. The Hall–Kier alpha value is -2.21. The Bertz CT molecular complexity index is 758. The van der Waals surface area contributed by atoms with Gasteiger partial charge in [0.15, 0.2) is 0 Å². The van der Waals surface area contributed by atoms with Crippen LogP contribution in [0.15, 0.2) is 23.0 Å². The molecule has 3 N–H and O–H groups in total. The number of rotatable bonds is 6. The van der Waals surface area contributed by atoms with Gasteiger partial charge in [-0.25, -0.2) is 4.79 Å². The molecule has 0 fully saturated rings. The van der Waals surface area contributed by atoms with Crippen molar-refractivity contribution in [3.8, 4) is 5.75 Å². The molecule has 1 heterocycles. The largest absolute Gasteiger partial charge is 0.495 e. The summed E-state index contributed by atoms with van der Waals surface area (Å²) < 4.78 is 5.18. The lowest BCUT2D eigenvalue weighted by atomic mass is 10.1. The van der Waals surface area contributed by atoms with Gasteiger partial charge >= 0.3 is 6.03 Å². The Morgan fingerprint density at radius 2 is 2.00 bits per heavy atom. The van der Waals surface area contributed by atoms with Crippen molar-refractivity contribution in [2.24, 2.45) is 0 Å². The van der Waals surface area contributed by atoms with Gasteiger partial charge in [-0.15, -0.1) is 0 Å². The predicted octanol–water partition coefficient (Wildman–Crippen LogP) is 2.44. The number of fused-ring (bicyclic) bond motifs is 1. The number of hydrogen-bond acceptors (Lipinski definition) is 3. The van der Waals surface area contributed by atoms with Crippen LogP contribution in [0.1, 0.15) is 18.9 Å². The number of pyridine rings is 1. The highest BCUT2D eigenvalue weighted by Crippen LogP contribution is 2.28. The number of carbonyl (C=O) groups is 1. The Morgan fingerprint density at radius 1 is 1.26 bits per heavy atom. The summed E-state index contributed by atoms with van der Waals surface area (Å²) in [6, 6.07) is 5.01. The van der Waals surface area contributed by atoms with Crippen LogP contribution in [-0.4, -0.2) is 31.2 Å².